The Kier molecular flexibility index (Phi) is 38.5. The van der Waals surface area contributed by atoms with Crippen LogP contribution in [0.5, 0.6) is 0 Å². The fourth-order valence-electron chi connectivity index (χ4n) is 9.33. The largest absolute Gasteiger partial charge is 0.394 e. The van der Waals surface area contributed by atoms with E-state index in [0.29, 0.717) is 19.3 Å². The molecule has 0 radical (unpaired) electrons. The predicted molar refractivity (Wildman–Crippen MR) is 304 cm³/mol. The van der Waals surface area contributed by atoms with Crippen molar-refractivity contribution >= 4 is 5.91 Å². The Morgan fingerprint density at radius 1 is 0.463 bits per heavy atom. The molecule has 12 N–H and O–H groups in total. The van der Waals surface area contributed by atoms with E-state index in [2.05, 4.69) is 116 Å². The lowest BCUT2D eigenvalue weighted by Gasteiger charge is -2.48. The Hall–Kier alpha value is -3.29. The Balaban J connectivity index is 1.44. The van der Waals surface area contributed by atoms with Crippen LogP contribution in [-0.4, -0.2) is 193 Å². The zero-order valence-corrected chi connectivity index (χ0v) is 47.5. The van der Waals surface area contributed by atoms with Crippen LogP contribution >= 0.6 is 0 Å². The van der Waals surface area contributed by atoms with Crippen LogP contribution in [0.1, 0.15) is 149 Å². The second-order valence-corrected chi connectivity index (χ2v) is 20.7. The van der Waals surface area contributed by atoms with Crippen LogP contribution in [0.2, 0.25) is 0 Å². The third kappa shape index (κ3) is 27.0. The molecule has 3 rings (SSSR count). The normalized spacial score (nSPS) is 30.7. The maximum absolute atomic E-state index is 13.3. The third-order valence-corrected chi connectivity index (χ3v) is 14.2. The predicted octanol–water partition coefficient (Wildman–Crippen LogP) is 4.98. The average molecular weight is 1140 g/mol. The zero-order chi connectivity index (χ0) is 58.3. The summed E-state index contributed by atoms with van der Waals surface area (Å²) in [5, 5.41) is 120. The van der Waals surface area contributed by atoms with Gasteiger partial charge in [0.05, 0.1) is 38.6 Å². The van der Waals surface area contributed by atoms with Crippen molar-refractivity contribution in [1.82, 2.24) is 5.32 Å². The summed E-state index contributed by atoms with van der Waals surface area (Å²) in [4.78, 5) is 13.3. The van der Waals surface area contributed by atoms with Crippen LogP contribution in [-0.2, 0) is 33.2 Å². The van der Waals surface area contributed by atoms with Gasteiger partial charge in [-0.25, -0.2) is 0 Å². The molecule has 0 aromatic heterocycles. The molecule has 0 spiro atoms. The number of carbonyl (C=O) groups is 1. The van der Waals surface area contributed by atoms with Crippen LogP contribution in [0, 0.1) is 0 Å². The number of ether oxygens (including phenoxy) is 6. The molecule has 3 aliphatic heterocycles. The minimum absolute atomic E-state index is 0.203. The van der Waals surface area contributed by atoms with E-state index in [4.69, 9.17) is 28.4 Å². The van der Waals surface area contributed by atoms with Gasteiger partial charge < -0.3 is 89.9 Å². The summed E-state index contributed by atoms with van der Waals surface area (Å²) in [6.07, 6.45) is 26.7. The number of carbonyl (C=O) groups excluding carboxylic acids is 1. The molecule has 3 saturated heterocycles. The van der Waals surface area contributed by atoms with Gasteiger partial charge in [0.25, 0.3) is 0 Å². The fraction of sp³-hybridized carbons (Fsp3) is 0.721. The molecule has 0 aromatic rings. The van der Waals surface area contributed by atoms with Gasteiger partial charge in [0.2, 0.25) is 5.91 Å². The molecular weight excluding hydrogens is 1030 g/mol. The maximum atomic E-state index is 13.3. The van der Waals surface area contributed by atoms with Crippen molar-refractivity contribution in [3.8, 4) is 0 Å². The molecule has 17 unspecified atom stereocenters. The van der Waals surface area contributed by atoms with Gasteiger partial charge in [0, 0.05) is 6.42 Å². The monoisotopic (exact) mass is 1140 g/mol. The van der Waals surface area contributed by atoms with E-state index in [1.807, 2.05) is 0 Å². The lowest BCUT2D eigenvalue weighted by molar-refractivity contribution is -0.379. The van der Waals surface area contributed by atoms with Gasteiger partial charge in [-0.3, -0.25) is 4.79 Å². The molecule has 3 heterocycles. The number of nitrogens with one attached hydrogen (secondary N) is 1. The van der Waals surface area contributed by atoms with Gasteiger partial charge in [-0.05, 0) is 77.0 Å². The summed E-state index contributed by atoms with van der Waals surface area (Å²) in [6, 6.07) is -0.915. The quantitative estimate of drug-likeness (QED) is 0.0284. The zero-order valence-electron chi connectivity index (χ0n) is 47.5. The van der Waals surface area contributed by atoms with E-state index in [9.17, 15) is 61.0 Å². The highest BCUT2D eigenvalue weighted by Gasteiger charge is 2.53. The van der Waals surface area contributed by atoms with Crippen LogP contribution in [0.15, 0.2) is 97.2 Å². The lowest BCUT2D eigenvalue weighted by Crippen LogP contribution is -2.66. The van der Waals surface area contributed by atoms with Crippen molar-refractivity contribution in [2.75, 3.05) is 26.4 Å². The topological polar surface area (TPSA) is 307 Å². The maximum Gasteiger partial charge on any atom is 0.220 e. The van der Waals surface area contributed by atoms with Crippen LogP contribution in [0.4, 0.5) is 0 Å². The van der Waals surface area contributed by atoms with Crippen molar-refractivity contribution in [3.05, 3.63) is 97.2 Å². The average Bonchev–Trinajstić information content (AvgIpc) is 3.55. The first-order valence-electron chi connectivity index (χ1n) is 29.5. The van der Waals surface area contributed by atoms with Crippen molar-refractivity contribution < 1.29 is 89.4 Å². The summed E-state index contributed by atoms with van der Waals surface area (Å²) in [7, 11) is 0. The van der Waals surface area contributed by atoms with E-state index < -0.39 is 124 Å². The highest BCUT2D eigenvalue weighted by Crippen LogP contribution is 2.33. The standard InChI is InChI=1S/C61H101NO18/c1-3-5-7-9-11-13-14-15-16-17-18-19-20-21-22-23-24-25-26-27-28-29-30-31-33-35-37-39-49(67)62-44(45(66)38-36-34-32-12-10-8-6-4-2)43-75-59-55(73)52(70)57(47(41-64)77-59)80-61-56(74)53(71)58(48(42-65)78-61)79-60-54(72)51(69)50(68)46(40-63)76-60/h5,7,11,13,15-16,18-19,21-22,24-25,27-28,30-31,44-48,50-61,63-66,68-74H,3-4,6,8-10,12,14,17,20,23,26,29,32-43H2,1-2H3,(H,62,67)/b7-5-,13-11-,16-15-,19-18-,22-21-,25-24-,28-27-,31-30-. The van der Waals surface area contributed by atoms with E-state index in [1.165, 1.54) is 12.8 Å². The molecule has 3 fully saturated rings. The summed E-state index contributed by atoms with van der Waals surface area (Å²) in [5.74, 6) is -0.294. The molecular formula is C61H101NO18. The first-order valence-corrected chi connectivity index (χ1v) is 29.5. The SMILES string of the molecule is CC/C=C\C/C=C\C/C=C\C/C=C\C/C=C\C/C=C\C/C=C\C/C=C\CCCCC(=O)NC(COC1OC(CO)C(OC2OC(CO)C(OC3OC(CO)C(O)C(O)C3O)C(O)C2O)C(O)C1O)C(O)CCCCCCCCCC. The molecule has 17 atom stereocenters. The number of allylic oxidation sites excluding steroid dienone is 16. The van der Waals surface area contributed by atoms with Crippen LogP contribution < -0.4 is 5.32 Å². The minimum atomic E-state index is -1.98. The van der Waals surface area contributed by atoms with Crippen molar-refractivity contribution in [3.63, 3.8) is 0 Å². The smallest absolute Gasteiger partial charge is 0.220 e. The molecule has 3 aliphatic rings. The Morgan fingerprint density at radius 3 is 1.32 bits per heavy atom. The Bertz CT molecular complexity index is 1840. The third-order valence-electron chi connectivity index (χ3n) is 14.2. The molecule has 0 bridgehead atoms. The number of aliphatic hydroxyl groups excluding tert-OH is 11. The molecule has 80 heavy (non-hydrogen) atoms. The molecule has 0 saturated carbocycles. The fourth-order valence-corrected chi connectivity index (χ4v) is 9.33. The number of hydrogen-bond donors (Lipinski definition) is 12. The second-order valence-electron chi connectivity index (χ2n) is 20.7. The number of rotatable bonds is 41. The van der Waals surface area contributed by atoms with Crippen molar-refractivity contribution in [2.45, 2.75) is 253 Å². The van der Waals surface area contributed by atoms with E-state index in [1.54, 1.807) is 0 Å². The van der Waals surface area contributed by atoms with Gasteiger partial charge in [0.1, 0.15) is 73.2 Å². The summed E-state index contributed by atoms with van der Waals surface area (Å²) >= 11 is 0. The first-order chi connectivity index (χ1) is 38.8. The number of aliphatic hydroxyl groups is 11. The molecule has 0 aliphatic carbocycles. The number of unbranched alkanes of at least 4 members (excludes halogenated alkanes) is 9. The second kappa shape index (κ2) is 43.4. The molecule has 19 heteroatoms. The Labute approximate surface area is 475 Å². The van der Waals surface area contributed by atoms with E-state index in [0.717, 1.165) is 96.3 Å². The molecule has 1 amide bonds. The highest BCUT2D eigenvalue weighted by molar-refractivity contribution is 5.76. The molecule has 458 valence electrons. The van der Waals surface area contributed by atoms with Gasteiger partial charge in [-0.1, -0.05) is 162 Å². The van der Waals surface area contributed by atoms with E-state index >= 15 is 0 Å². The molecule has 0 aromatic carbocycles. The minimum Gasteiger partial charge on any atom is -0.394 e. The Morgan fingerprint density at radius 2 is 0.863 bits per heavy atom. The number of amides is 1. The van der Waals surface area contributed by atoms with Crippen LogP contribution in [0.3, 0.4) is 0 Å². The summed E-state index contributed by atoms with van der Waals surface area (Å²) < 4.78 is 34.2. The highest BCUT2D eigenvalue weighted by atomic mass is 16.8. The van der Waals surface area contributed by atoms with Crippen LogP contribution in [0.25, 0.3) is 0 Å². The van der Waals surface area contributed by atoms with Gasteiger partial charge in [-0.15, -0.1) is 0 Å². The van der Waals surface area contributed by atoms with Gasteiger partial charge in [0.15, 0.2) is 18.9 Å². The molecule has 19 nitrogen and oxygen atoms in total. The van der Waals surface area contributed by atoms with Gasteiger partial charge in [-0.2, -0.15) is 0 Å². The van der Waals surface area contributed by atoms with Crippen molar-refractivity contribution in [2.24, 2.45) is 0 Å². The first kappa shape index (κ1) is 71.0. The summed E-state index contributed by atoms with van der Waals surface area (Å²) in [6.45, 7) is 1.55. The number of hydrogen-bond acceptors (Lipinski definition) is 18. The lowest BCUT2D eigenvalue weighted by atomic mass is 9.96. The van der Waals surface area contributed by atoms with Crippen molar-refractivity contribution in [1.29, 1.82) is 0 Å². The summed E-state index contributed by atoms with van der Waals surface area (Å²) in [5.41, 5.74) is 0. The van der Waals surface area contributed by atoms with Gasteiger partial charge >= 0.3 is 0 Å². The van der Waals surface area contributed by atoms with E-state index in [-0.39, 0.29) is 18.9 Å².